The number of carbonyl (C=O) groups excluding carboxylic acids is 1. The normalized spacial score (nSPS) is 20.4. The fourth-order valence-electron chi connectivity index (χ4n) is 4.61. The number of ether oxygens (including phenoxy) is 2. The van der Waals surface area contributed by atoms with E-state index in [1.807, 2.05) is 17.0 Å². The molecule has 3 heterocycles. The second-order valence-electron chi connectivity index (χ2n) is 8.84. The smallest absolute Gasteiger partial charge is 0.317 e. The summed E-state index contributed by atoms with van der Waals surface area (Å²) in [5, 5.41) is 3.06. The zero-order chi connectivity index (χ0) is 21.5. The maximum atomic E-state index is 12.6. The highest BCUT2D eigenvalue weighted by Gasteiger charge is 2.41. The fourth-order valence-corrected chi connectivity index (χ4v) is 4.61. The molecule has 0 radical (unpaired) electrons. The number of hydrogen-bond donors (Lipinski definition) is 1. The van der Waals surface area contributed by atoms with Gasteiger partial charge in [-0.3, -0.25) is 4.98 Å². The van der Waals surface area contributed by atoms with Gasteiger partial charge in [-0.2, -0.15) is 0 Å². The molecule has 1 N–H and O–H groups in total. The second kappa shape index (κ2) is 10.1. The molecule has 166 valence electrons. The first kappa shape index (κ1) is 21.6. The molecule has 1 aromatic heterocycles. The van der Waals surface area contributed by atoms with Crippen molar-refractivity contribution >= 4 is 6.03 Å². The molecule has 0 aliphatic carbocycles. The number of hydrogen-bond acceptors (Lipinski definition) is 4. The molecule has 2 saturated heterocycles. The third-order valence-corrected chi connectivity index (χ3v) is 6.57. The minimum atomic E-state index is -0.0761. The third kappa shape index (κ3) is 5.97. The number of carbonyl (C=O) groups is 1. The lowest BCUT2D eigenvalue weighted by Gasteiger charge is -2.46. The minimum Gasteiger partial charge on any atom is -0.493 e. The molecule has 1 unspecified atom stereocenters. The van der Waals surface area contributed by atoms with Crippen molar-refractivity contribution in [3.8, 4) is 5.75 Å². The molecule has 1 spiro atoms. The highest BCUT2D eigenvalue weighted by Crippen LogP contribution is 2.38. The third-order valence-electron chi connectivity index (χ3n) is 6.57. The van der Waals surface area contributed by atoms with Gasteiger partial charge in [0.05, 0.1) is 12.2 Å². The van der Waals surface area contributed by atoms with Crippen LogP contribution in [0.4, 0.5) is 4.79 Å². The van der Waals surface area contributed by atoms with E-state index in [4.69, 9.17) is 9.47 Å². The molecule has 6 heteroatoms. The number of likely N-dealkylation sites (tertiary alicyclic amines) is 1. The number of urea groups is 1. The Kier molecular flexibility index (Phi) is 7.07. The van der Waals surface area contributed by atoms with E-state index in [1.165, 1.54) is 5.56 Å². The molecule has 2 aliphatic heterocycles. The molecule has 2 amide bonds. The van der Waals surface area contributed by atoms with Crippen LogP contribution in [0.5, 0.6) is 5.75 Å². The predicted molar refractivity (Wildman–Crippen MR) is 120 cm³/mol. The maximum Gasteiger partial charge on any atom is 0.317 e. The number of benzene rings is 1. The Bertz CT molecular complexity index is 833. The van der Waals surface area contributed by atoms with Crippen molar-refractivity contribution in [1.82, 2.24) is 15.2 Å². The summed E-state index contributed by atoms with van der Waals surface area (Å²) in [5.41, 5.74) is 2.28. The number of nitrogens with one attached hydrogen (secondary N) is 1. The summed E-state index contributed by atoms with van der Waals surface area (Å²) in [6, 6.07) is 12.1. The molecule has 2 aromatic rings. The Balaban J connectivity index is 1.20. The van der Waals surface area contributed by atoms with E-state index in [2.05, 4.69) is 41.5 Å². The van der Waals surface area contributed by atoms with Crippen LogP contribution in [0.3, 0.4) is 0 Å². The van der Waals surface area contributed by atoms with E-state index < -0.39 is 0 Å². The molecule has 1 atom stereocenters. The fraction of sp³-hybridized carbons (Fsp3) is 0.520. The van der Waals surface area contributed by atoms with Gasteiger partial charge in [0.1, 0.15) is 5.75 Å². The SMILES string of the molecule is Cc1ccc(CNC(=O)N2CCC3(CC2)CC(CCOc2ccncc2)CCO3)cc1. The van der Waals surface area contributed by atoms with E-state index in [-0.39, 0.29) is 11.6 Å². The van der Waals surface area contributed by atoms with Gasteiger partial charge >= 0.3 is 6.03 Å². The first-order valence-electron chi connectivity index (χ1n) is 11.4. The second-order valence-corrected chi connectivity index (χ2v) is 8.84. The molecule has 6 nitrogen and oxygen atoms in total. The zero-order valence-corrected chi connectivity index (χ0v) is 18.4. The van der Waals surface area contributed by atoms with Crippen LogP contribution < -0.4 is 10.1 Å². The Hall–Kier alpha value is -2.60. The van der Waals surface area contributed by atoms with Crippen molar-refractivity contribution in [2.75, 3.05) is 26.3 Å². The lowest BCUT2D eigenvalue weighted by atomic mass is 9.78. The van der Waals surface area contributed by atoms with E-state index in [0.717, 1.165) is 69.7 Å². The van der Waals surface area contributed by atoms with Gasteiger partial charge in [-0.15, -0.1) is 0 Å². The molecule has 2 fully saturated rings. The average Bonchev–Trinajstić information content (AvgIpc) is 2.80. The van der Waals surface area contributed by atoms with Crippen molar-refractivity contribution in [2.24, 2.45) is 5.92 Å². The summed E-state index contributed by atoms with van der Waals surface area (Å²) >= 11 is 0. The Morgan fingerprint density at radius 3 is 2.68 bits per heavy atom. The summed E-state index contributed by atoms with van der Waals surface area (Å²) in [7, 11) is 0. The summed E-state index contributed by atoms with van der Waals surface area (Å²) in [4.78, 5) is 18.6. The van der Waals surface area contributed by atoms with Crippen molar-refractivity contribution < 1.29 is 14.3 Å². The van der Waals surface area contributed by atoms with Crippen LogP contribution in [-0.2, 0) is 11.3 Å². The number of piperidine rings is 1. The minimum absolute atomic E-state index is 0.0218. The molecule has 0 saturated carbocycles. The standard InChI is InChI=1S/C25H33N3O3/c1-20-2-4-22(5-3-20)19-27-24(29)28-14-10-25(11-15-28)18-21(9-17-31-25)8-16-30-23-6-12-26-13-7-23/h2-7,12-13,21H,8-11,14-19H2,1H3,(H,27,29). The number of nitrogens with zero attached hydrogens (tertiary/aromatic N) is 2. The highest BCUT2D eigenvalue weighted by molar-refractivity contribution is 5.74. The number of aromatic nitrogens is 1. The first-order chi connectivity index (χ1) is 15.1. The number of aryl methyl sites for hydroxylation is 1. The molecule has 2 aliphatic rings. The van der Waals surface area contributed by atoms with Crippen molar-refractivity contribution in [3.05, 3.63) is 59.9 Å². The number of amides is 2. The average molecular weight is 424 g/mol. The van der Waals surface area contributed by atoms with Crippen LogP contribution in [0.25, 0.3) is 0 Å². The lowest BCUT2D eigenvalue weighted by Crippen LogP contribution is -2.52. The lowest BCUT2D eigenvalue weighted by molar-refractivity contribution is -0.124. The zero-order valence-electron chi connectivity index (χ0n) is 18.4. The van der Waals surface area contributed by atoms with Gasteiger partial charge in [-0.05, 0) is 62.6 Å². The van der Waals surface area contributed by atoms with Gasteiger partial charge < -0.3 is 19.7 Å². The van der Waals surface area contributed by atoms with E-state index >= 15 is 0 Å². The first-order valence-corrected chi connectivity index (χ1v) is 11.4. The largest absolute Gasteiger partial charge is 0.493 e. The van der Waals surface area contributed by atoms with E-state index in [1.54, 1.807) is 12.4 Å². The molecular weight excluding hydrogens is 390 g/mol. The van der Waals surface area contributed by atoms with E-state index in [0.29, 0.717) is 12.5 Å². The molecule has 4 rings (SSSR count). The molecule has 31 heavy (non-hydrogen) atoms. The van der Waals surface area contributed by atoms with Gasteiger partial charge in [0.15, 0.2) is 0 Å². The molecule has 0 bridgehead atoms. The van der Waals surface area contributed by atoms with Crippen LogP contribution in [0.2, 0.25) is 0 Å². The molecule has 1 aromatic carbocycles. The summed E-state index contributed by atoms with van der Waals surface area (Å²) in [5.74, 6) is 1.49. The van der Waals surface area contributed by atoms with E-state index in [9.17, 15) is 4.79 Å². The van der Waals surface area contributed by atoms with Crippen LogP contribution in [-0.4, -0.2) is 47.8 Å². The number of rotatable bonds is 6. The van der Waals surface area contributed by atoms with Gasteiger partial charge in [-0.1, -0.05) is 29.8 Å². The summed E-state index contributed by atoms with van der Waals surface area (Å²) in [6.07, 6.45) is 8.51. The van der Waals surface area contributed by atoms with Crippen LogP contribution in [0.15, 0.2) is 48.8 Å². The summed E-state index contributed by atoms with van der Waals surface area (Å²) in [6.45, 7) is 5.66. The van der Waals surface area contributed by atoms with Gasteiger partial charge in [-0.25, -0.2) is 4.79 Å². The highest BCUT2D eigenvalue weighted by atomic mass is 16.5. The topological polar surface area (TPSA) is 63.7 Å². The van der Waals surface area contributed by atoms with Crippen molar-refractivity contribution in [1.29, 1.82) is 0 Å². The quantitative estimate of drug-likeness (QED) is 0.751. The van der Waals surface area contributed by atoms with Crippen molar-refractivity contribution in [2.45, 2.75) is 51.2 Å². The Labute approximate surface area is 185 Å². The Morgan fingerprint density at radius 1 is 1.19 bits per heavy atom. The van der Waals surface area contributed by atoms with Gasteiger partial charge in [0.2, 0.25) is 0 Å². The van der Waals surface area contributed by atoms with Gasteiger partial charge in [0, 0.05) is 38.6 Å². The monoisotopic (exact) mass is 423 g/mol. The summed E-state index contributed by atoms with van der Waals surface area (Å²) < 4.78 is 12.1. The predicted octanol–water partition coefficient (Wildman–Crippen LogP) is 4.33. The number of pyridine rings is 1. The maximum absolute atomic E-state index is 12.6. The Morgan fingerprint density at radius 2 is 1.94 bits per heavy atom. The van der Waals surface area contributed by atoms with Gasteiger partial charge in [0.25, 0.3) is 0 Å². The molecular formula is C25H33N3O3. The van der Waals surface area contributed by atoms with Crippen LogP contribution in [0.1, 0.15) is 43.2 Å². The van der Waals surface area contributed by atoms with Crippen LogP contribution >= 0.6 is 0 Å². The van der Waals surface area contributed by atoms with Crippen LogP contribution in [0, 0.1) is 12.8 Å². The van der Waals surface area contributed by atoms with Crippen molar-refractivity contribution in [3.63, 3.8) is 0 Å².